The zero-order valence-corrected chi connectivity index (χ0v) is 13.5. The molecule has 0 heterocycles. The smallest absolute Gasteiger partial charge is 0.317 e. The molecule has 118 valence electrons. The molecule has 4 nitrogen and oxygen atoms in total. The summed E-state index contributed by atoms with van der Waals surface area (Å²) in [5.74, 6) is -1.21. The first-order valence-corrected chi connectivity index (χ1v) is 8.06. The highest BCUT2D eigenvalue weighted by molar-refractivity contribution is 5.82. The van der Waals surface area contributed by atoms with Crippen LogP contribution in [0.25, 0.3) is 0 Å². The molecule has 2 amide bonds. The minimum atomic E-state index is -1.29. The van der Waals surface area contributed by atoms with Crippen LogP contribution in [0, 0.1) is 5.21 Å². The first-order chi connectivity index (χ1) is 9.45. The number of carbonyl (C=O) groups is 2. The molecule has 0 atom stereocenters. The van der Waals surface area contributed by atoms with Crippen molar-refractivity contribution in [1.82, 2.24) is 0 Å². The average Bonchev–Trinajstić information content (AvgIpc) is 2.40. The summed E-state index contributed by atoms with van der Waals surface area (Å²) in [4.78, 5) is 22.5. The summed E-state index contributed by atoms with van der Waals surface area (Å²) in [7, 11) is 0. The Morgan fingerprint density at radius 1 is 0.750 bits per heavy atom. The fraction of sp³-hybridized carbons (Fsp3) is 0.875. The second-order valence-electron chi connectivity index (χ2n) is 5.68. The monoisotopic (exact) mass is 285 g/mol. The zero-order valence-electron chi connectivity index (χ0n) is 13.5. The third kappa shape index (κ3) is 7.75. The number of unbranched alkanes of at least 4 members (excludes halogenated alkanes) is 9. The Morgan fingerprint density at radius 2 is 1.10 bits per heavy atom. The Morgan fingerprint density at radius 3 is 1.45 bits per heavy atom. The molecule has 0 rings (SSSR count). The van der Waals surface area contributed by atoms with E-state index >= 15 is 0 Å². The van der Waals surface area contributed by atoms with E-state index in [1.54, 1.807) is 0 Å². The summed E-state index contributed by atoms with van der Waals surface area (Å²) in [5.41, 5.74) is 0. The van der Waals surface area contributed by atoms with Crippen LogP contribution in [0.15, 0.2) is 0 Å². The molecule has 20 heavy (non-hydrogen) atoms. The van der Waals surface area contributed by atoms with Gasteiger partial charge >= 0.3 is 11.8 Å². The Bertz CT molecular complexity index is 275. The summed E-state index contributed by atoms with van der Waals surface area (Å²) in [6.45, 7) is 4.72. The predicted octanol–water partition coefficient (Wildman–Crippen LogP) is 4.31. The third-order valence-electron chi connectivity index (χ3n) is 3.84. The number of hydrogen-bond acceptors (Lipinski definition) is 3. The maximum atomic E-state index is 12.0. The third-order valence-corrected chi connectivity index (χ3v) is 3.84. The fourth-order valence-corrected chi connectivity index (χ4v) is 2.36. The Balaban J connectivity index is 3.56. The van der Waals surface area contributed by atoms with Gasteiger partial charge in [-0.2, -0.15) is 0 Å². The number of rotatable bonds is 11. The molecule has 0 aromatic carbocycles. The van der Waals surface area contributed by atoms with Gasteiger partial charge < -0.3 is 5.21 Å². The number of imide groups is 1. The van der Waals surface area contributed by atoms with Gasteiger partial charge in [-0.15, -0.1) is 0 Å². The predicted molar refractivity (Wildman–Crippen MR) is 81.7 cm³/mol. The van der Waals surface area contributed by atoms with Crippen molar-refractivity contribution in [2.45, 2.75) is 85.0 Å². The van der Waals surface area contributed by atoms with Crippen LogP contribution in [0.1, 0.15) is 85.0 Å². The molecule has 0 unspecified atom stereocenters. The quantitative estimate of drug-likeness (QED) is 0.323. The van der Waals surface area contributed by atoms with Crippen LogP contribution in [0.3, 0.4) is 0 Å². The summed E-state index contributed by atoms with van der Waals surface area (Å²) in [6.07, 6.45) is 11.7. The van der Waals surface area contributed by atoms with E-state index in [1.165, 1.54) is 58.8 Å². The molecule has 0 radical (unpaired) electrons. The van der Waals surface area contributed by atoms with Gasteiger partial charge in [-0.25, -0.2) is 14.2 Å². The van der Waals surface area contributed by atoms with Crippen LogP contribution in [0.5, 0.6) is 0 Å². The second-order valence-corrected chi connectivity index (χ2v) is 5.68. The van der Waals surface area contributed by atoms with Crippen molar-refractivity contribution in [3.05, 3.63) is 5.21 Å². The molecule has 0 aliphatic carbocycles. The number of amides is 2. The summed E-state index contributed by atoms with van der Waals surface area (Å²) in [6, 6.07) is 0. The van der Waals surface area contributed by atoms with Gasteiger partial charge in [0.15, 0.2) is 0 Å². The van der Waals surface area contributed by atoms with E-state index in [0.717, 1.165) is 12.8 Å². The van der Waals surface area contributed by atoms with Gasteiger partial charge in [-0.05, 0) is 12.8 Å². The Kier molecular flexibility index (Phi) is 10.6. The lowest BCUT2D eigenvalue weighted by molar-refractivity contribution is -0.725. The molecule has 0 saturated carbocycles. The highest BCUT2D eigenvalue weighted by Crippen LogP contribution is 2.13. The number of nitrogens with zero attached hydrogens (tertiary/aromatic N) is 1. The molecule has 0 aliphatic heterocycles. The molecule has 0 aromatic rings. The van der Waals surface area contributed by atoms with E-state index in [4.69, 9.17) is 0 Å². The van der Waals surface area contributed by atoms with Crippen LogP contribution in [-0.2, 0) is 9.59 Å². The lowest BCUT2D eigenvalue weighted by Crippen LogP contribution is -2.50. The number of hydrogen-bond donors (Lipinski definition) is 0. The Hall–Kier alpha value is -0.740. The summed E-state index contributed by atoms with van der Waals surface area (Å²) in [5, 5.41) is 12.0. The molecular weight excluding hydrogens is 254 g/mol. The van der Waals surface area contributed by atoms with Crippen molar-refractivity contribution in [2.24, 2.45) is 0 Å². The molecule has 0 aromatic heterocycles. The van der Waals surface area contributed by atoms with Gasteiger partial charge in [0, 0.05) is 0 Å². The maximum absolute atomic E-state index is 12.0. The Labute approximate surface area is 123 Å². The lowest BCUT2D eigenvalue weighted by atomic mass is 10.1. The number of hydroxylamine groups is 3. The van der Waals surface area contributed by atoms with E-state index < -0.39 is 16.5 Å². The molecule has 0 fully saturated rings. The first-order valence-electron chi connectivity index (χ1n) is 8.06. The van der Waals surface area contributed by atoms with E-state index in [1.807, 2.05) is 0 Å². The molecule has 0 aliphatic rings. The molecule has 0 saturated heterocycles. The molecular formula is C16H31NO3. The van der Waals surface area contributed by atoms with Gasteiger partial charge in [0.1, 0.15) is 0 Å². The van der Waals surface area contributed by atoms with Gasteiger partial charge in [0.25, 0.3) is 0 Å². The highest BCUT2D eigenvalue weighted by atomic mass is 16.6. The van der Waals surface area contributed by atoms with E-state index in [-0.39, 0.29) is 6.54 Å². The minimum Gasteiger partial charge on any atom is -0.618 e. The van der Waals surface area contributed by atoms with Gasteiger partial charge in [-0.3, -0.25) is 0 Å². The van der Waals surface area contributed by atoms with Crippen LogP contribution in [0.4, 0.5) is 0 Å². The molecule has 0 spiro atoms. The normalized spacial score (nSPS) is 11.6. The van der Waals surface area contributed by atoms with Gasteiger partial charge in [0.05, 0.1) is 20.4 Å². The standard InChI is InChI=1S/C16H31NO3/c1-4-5-6-7-8-9-10-11-12-13-14-17(20,15(2)18)16(3)19/h4-14H2,1-3H3. The van der Waals surface area contributed by atoms with Gasteiger partial charge in [-0.1, -0.05) is 58.3 Å². The highest BCUT2D eigenvalue weighted by Gasteiger charge is 2.28. The summed E-state index contributed by atoms with van der Waals surface area (Å²) >= 11 is 0. The van der Waals surface area contributed by atoms with Crippen LogP contribution >= 0.6 is 0 Å². The zero-order chi connectivity index (χ0) is 15.4. The van der Waals surface area contributed by atoms with Crippen LogP contribution < -0.4 is 0 Å². The molecule has 0 bridgehead atoms. The van der Waals surface area contributed by atoms with Crippen LogP contribution in [0.2, 0.25) is 0 Å². The van der Waals surface area contributed by atoms with Crippen molar-refractivity contribution in [3.63, 3.8) is 0 Å². The van der Waals surface area contributed by atoms with E-state index in [2.05, 4.69) is 6.92 Å². The SMILES string of the molecule is CCCCCCCCCCCC[N+]([O-])(C(C)=O)C(C)=O. The van der Waals surface area contributed by atoms with Crippen molar-refractivity contribution in [1.29, 1.82) is 0 Å². The number of quaternary nitrogens is 1. The van der Waals surface area contributed by atoms with Crippen molar-refractivity contribution >= 4 is 11.8 Å². The molecule has 4 heteroatoms. The van der Waals surface area contributed by atoms with Crippen LogP contribution in [-0.4, -0.2) is 23.0 Å². The van der Waals surface area contributed by atoms with Crippen molar-refractivity contribution < 1.29 is 14.2 Å². The second kappa shape index (κ2) is 11.0. The first kappa shape index (κ1) is 19.3. The van der Waals surface area contributed by atoms with Crippen molar-refractivity contribution in [3.8, 4) is 0 Å². The largest absolute Gasteiger partial charge is 0.618 e. The molecule has 0 N–H and O–H groups in total. The summed E-state index contributed by atoms with van der Waals surface area (Å²) < 4.78 is -1.29. The average molecular weight is 285 g/mol. The fourth-order valence-electron chi connectivity index (χ4n) is 2.36. The van der Waals surface area contributed by atoms with E-state index in [0.29, 0.717) is 6.42 Å². The van der Waals surface area contributed by atoms with Gasteiger partial charge in [0.2, 0.25) is 0 Å². The topological polar surface area (TPSA) is 57.2 Å². The number of carbonyl (C=O) groups excluding carboxylic acids is 2. The minimum absolute atomic E-state index is 0.0984. The maximum Gasteiger partial charge on any atom is 0.317 e. The van der Waals surface area contributed by atoms with E-state index in [9.17, 15) is 14.8 Å². The van der Waals surface area contributed by atoms with Crippen molar-refractivity contribution in [2.75, 3.05) is 6.54 Å². The lowest BCUT2D eigenvalue weighted by Gasteiger charge is -2.34.